The van der Waals surface area contributed by atoms with Gasteiger partial charge in [-0.05, 0) is 30.7 Å². The Hall–Kier alpha value is -1.94. The Morgan fingerprint density at radius 1 is 1.20 bits per heavy atom. The highest BCUT2D eigenvalue weighted by molar-refractivity contribution is 5.22. The quantitative estimate of drug-likeness (QED) is 0.929. The molecule has 1 fully saturated rings. The van der Waals surface area contributed by atoms with Crippen molar-refractivity contribution in [3.05, 3.63) is 60.0 Å². The van der Waals surface area contributed by atoms with Crippen molar-refractivity contribution in [2.24, 2.45) is 5.92 Å². The van der Waals surface area contributed by atoms with E-state index < -0.39 is 5.82 Å². The van der Waals surface area contributed by atoms with Gasteiger partial charge in [-0.15, -0.1) is 0 Å². The van der Waals surface area contributed by atoms with Crippen LogP contribution in [0, 0.1) is 11.7 Å². The van der Waals surface area contributed by atoms with E-state index in [0.717, 1.165) is 25.1 Å². The van der Waals surface area contributed by atoms with Crippen LogP contribution in [0.5, 0.6) is 5.88 Å². The summed E-state index contributed by atoms with van der Waals surface area (Å²) < 4.78 is 19.6. The van der Waals surface area contributed by atoms with Crippen LogP contribution in [0.1, 0.15) is 18.1 Å². The molecule has 1 unspecified atom stereocenters. The summed E-state index contributed by atoms with van der Waals surface area (Å²) in [6.07, 6.45) is 2.40. The van der Waals surface area contributed by atoms with Crippen molar-refractivity contribution in [2.45, 2.75) is 12.5 Å². The molecule has 0 amide bonds. The lowest BCUT2D eigenvalue weighted by molar-refractivity contribution is 0.131. The molecule has 20 heavy (non-hydrogen) atoms. The third-order valence-electron chi connectivity index (χ3n) is 3.62. The molecule has 4 heteroatoms. The lowest BCUT2D eigenvalue weighted by Gasteiger charge is -2.24. The highest BCUT2D eigenvalue weighted by Crippen LogP contribution is 2.31. The molecule has 104 valence electrons. The number of rotatable bonds is 4. The number of hydrogen-bond acceptors (Lipinski definition) is 3. The van der Waals surface area contributed by atoms with Gasteiger partial charge >= 0.3 is 0 Å². The Morgan fingerprint density at radius 2 is 2.05 bits per heavy atom. The van der Waals surface area contributed by atoms with E-state index in [1.807, 2.05) is 30.3 Å². The van der Waals surface area contributed by atoms with E-state index in [1.54, 1.807) is 12.3 Å². The van der Waals surface area contributed by atoms with Gasteiger partial charge in [0.15, 0.2) is 5.82 Å². The van der Waals surface area contributed by atoms with Crippen LogP contribution in [0.2, 0.25) is 0 Å². The molecule has 3 rings (SSSR count). The number of nitrogens with zero attached hydrogens (tertiary/aromatic N) is 1. The maximum atomic E-state index is 13.7. The Kier molecular flexibility index (Phi) is 3.92. The summed E-state index contributed by atoms with van der Waals surface area (Å²) in [5, 5.41) is 3.33. The van der Waals surface area contributed by atoms with Crippen LogP contribution in [0.4, 0.5) is 4.39 Å². The molecule has 0 radical (unpaired) electrons. The maximum absolute atomic E-state index is 13.7. The highest BCUT2D eigenvalue weighted by atomic mass is 19.1. The largest absolute Gasteiger partial charge is 0.467 e. The first-order chi connectivity index (χ1) is 9.84. The molecule has 1 aromatic heterocycles. The predicted octanol–water partition coefficient (Wildman–Crippen LogP) is 2.95. The van der Waals surface area contributed by atoms with Gasteiger partial charge < -0.3 is 10.1 Å². The number of hydrogen-bond donors (Lipinski definition) is 1. The molecule has 2 heterocycles. The van der Waals surface area contributed by atoms with Crippen molar-refractivity contribution in [3.8, 4) is 5.88 Å². The van der Waals surface area contributed by atoms with Crippen LogP contribution in [0.15, 0.2) is 48.7 Å². The number of halogens is 1. The third-order valence-corrected chi connectivity index (χ3v) is 3.62. The Bertz CT molecular complexity index is 555. The summed E-state index contributed by atoms with van der Waals surface area (Å²) in [6.45, 7) is 1.86. The molecule has 1 aliphatic rings. The van der Waals surface area contributed by atoms with Crippen molar-refractivity contribution < 1.29 is 9.13 Å². The van der Waals surface area contributed by atoms with Crippen LogP contribution in [-0.4, -0.2) is 18.1 Å². The van der Waals surface area contributed by atoms with Crippen molar-refractivity contribution in [2.75, 3.05) is 13.1 Å². The maximum Gasteiger partial charge on any atom is 0.250 e. The molecule has 0 aliphatic carbocycles. The fourth-order valence-electron chi connectivity index (χ4n) is 2.59. The van der Waals surface area contributed by atoms with E-state index in [4.69, 9.17) is 4.74 Å². The first-order valence-corrected chi connectivity index (χ1v) is 6.87. The molecule has 0 bridgehead atoms. The summed E-state index contributed by atoms with van der Waals surface area (Å²) in [7, 11) is 0. The molecule has 3 nitrogen and oxygen atoms in total. The minimum absolute atomic E-state index is 0.0771. The molecular formula is C16H17FN2O. The van der Waals surface area contributed by atoms with Crippen molar-refractivity contribution in [1.29, 1.82) is 0 Å². The van der Waals surface area contributed by atoms with Gasteiger partial charge in [-0.25, -0.2) is 9.37 Å². The summed E-state index contributed by atoms with van der Waals surface area (Å²) >= 11 is 0. The molecule has 1 aromatic carbocycles. The average molecular weight is 272 g/mol. The smallest absolute Gasteiger partial charge is 0.250 e. The normalized spacial score (nSPS) is 19.8. The van der Waals surface area contributed by atoms with E-state index in [-0.39, 0.29) is 12.0 Å². The second-order valence-electron chi connectivity index (χ2n) is 4.99. The number of benzene rings is 1. The number of aromatic nitrogens is 1. The number of ether oxygens (including phenoxy) is 1. The molecule has 2 aromatic rings. The molecule has 1 aliphatic heterocycles. The van der Waals surface area contributed by atoms with Gasteiger partial charge in [0, 0.05) is 18.7 Å². The van der Waals surface area contributed by atoms with Gasteiger partial charge in [0.1, 0.15) is 6.10 Å². The van der Waals surface area contributed by atoms with Gasteiger partial charge in [0.05, 0.1) is 0 Å². The summed E-state index contributed by atoms with van der Waals surface area (Å²) in [5.74, 6) is -0.00792. The third kappa shape index (κ3) is 2.80. The Labute approximate surface area is 117 Å². The average Bonchev–Trinajstić information content (AvgIpc) is 3.01. The van der Waals surface area contributed by atoms with Gasteiger partial charge in [-0.1, -0.05) is 30.3 Å². The van der Waals surface area contributed by atoms with Crippen LogP contribution in [0.3, 0.4) is 0 Å². The summed E-state index contributed by atoms with van der Waals surface area (Å²) in [4.78, 5) is 4.00. The molecule has 2 atom stereocenters. The van der Waals surface area contributed by atoms with E-state index in [0.29, 0.717) is 5.92 Å². The zero-order valence-corrected chi connectivity index (χ0v) is 11.1. The van der Waals surface area contributed by atoms with Crippen molar-refractivity contribution in [3.63, 3.8) is 0 Å². The van der Waals surface area contributed by atoms with Crippen LogP contribution >= 0.6 is 0 Å². The van der Waals surface area contributed by atoms with Gasteiger partial charge in [-0.2, -0.15) is 0 Å². The first kappa shape index (κ1) is 13.1. The van der Waals surface area contributed by atoms with Crippen LogP contribution in [0.25, 0.3) is 0 Å². The van der Waals surface area contributed by atoms with Crippen LogP contribution in [-0.2, 0) is 0 Å². The lowest BCUT2D eigenvalue weighted by Crippen LogP contribution is -2.22. The second-order valence-corrected chi connectivity index (χ2v) is 4.99. The van der Waals surface area contributed by atoms with Gasteiger partial charge in [0.25, 0.3) is 5.88 Å². The molecule has 0 saturated carbocycles. The van der Waals surface area contributed by atoms with Crippen molar-refractivity contribution in [1.82, 2.24) is 10.3 Å². The Balaban J connectivity index is 1.88. The van der Waals surface area contributed by atoms with Gasteiger partial charge in [-0.3, -0.25) is 0 Å². The van der Waals surface area contributed by atoms with E-state index >= 15 is 0 Å². The fraction of sp³-hybridized carbons (Fsp3) is 0.312. The summed E-state index contributed by atoms with van der Waals surface area (Å²) in [5.41, 5.74) is 1.06. The second kappa shape index (κ2) is 6.01. The predicted molar refractivity (Wildman–Crippen MR) is 75.0 cm³/mol. The standard InChI is InChI=1S/C16H17FN2O/c17-14-7-4-9-19-16(14)20-15(13-8-10-18-11-13)12-5-2-1-3-6-12/h1-7,9,13,15,18H,8,10-11H2/t13-,15?/m1/s1. The first-order valence-electron chi connectivity index (χ1n) is 6.87. The minimum atomic E-state index is -0.417. The van der Waals surface area contributed by atoms with Gasteiger partial charge in [0.2, 0.25) is 0 Å². The van der Waals surface area contributed by atoms with E-state index in [1.165, 1.54) is 6.07 Å². The fourth-order valence-corrected chi connectivity index (χ4v) is 2.59. The lowest BCUT2D eigenvalue weighted by atomic mass is 9.95. The summed E-state index contributed by atoms with van der Waals surface area (Å²) in [6, 6.07) is 12.9. The molecular weight excluding hydrogens is 255 g/mol. The SMILES string of the molecule is Fc1cccnc1OC(c1ccccc1)[C@@H]1CCNC1. The zero-order chi connectivity index (χ0) is 13.8. The number of pyridine rings is 1. The topological polar surface area (TPSA) is 34.1 Å². The molecule has 0 spiro atoms. The minimum Gasteiger partial charge on any atom is -0.467 e. The monoisotopic (exact) mass is 272 g/mol. The van der Waals surface area contributed by atoms with E-state index in [9.17, 15) is 4.39 Å². The highest BCUT2D eigenvalue weighted by Gasteiger charge is 2.28. The Morgan fingerprint density at radius 3 is 2.75 bits per heavy atom. The van der Waals surface area contributed by atoms with Crippen molar-refractivity contribution >= 4 is 0 Å². The number of nitrogens with one attached hydrogen (secondary N) is 1. The molecule has 1 saturated heterocycles. The van der Waals surface area contributed by atoms with Crippen LogP contribution < -0.4 is 10.1 Å². The zero-order valence-electron chi connectivity index (χ0n) is 11.1. The van der Waals surface area contributed by atoms with E-state index in [2.05, 4.69) is 10.3 Å². The molecule has 1 N–H and O–H groups in total.